The molecule has 0 saturated carbocycles. The average Bonchev–Trinajstić information content (AvgIpc) is 2.51. The normalized spacial score (nSPS) is 10.3. The van der Waals surface area contributed by atoms with Crippen molar-refractivity contribution in [3.8, 4) is 0 Å². The summed E-state index contributed by atoms with van der Waals surface area (Å²) >= 11 is 3.34. The fourth-order valence-electron chi connectivity index (χ4n) is 1.97. The summed E-state index contributed by atoms with van der Waals surface area (Å²) in [5, 5.41) is 10.7. The molecule has 1 heterocycles. The van der Waals surface area contributed by atoms with Gasteiger partial charge in [-0.2, -0.15) is 0 Å². The van der Waals surface area contributed by atoms with E-state index in [9.17, 15) is 19.7 Å². The lowest BCUT2D eigenvalue weighted by Gasteiger charge is -2.18. The summed E-state index contributed by atoms with van der Waals surface area (Å²) in [4.78, 5) is 35.5. The van der Waals surface area contributed by atoms with Gasteiger partial charge in [0.1, 0.15) is 6.54 Å². The maximum absolute atomic E-state index is 12.2. The molecule has 0 atom stereocenters. The Hall–Kier alpha value is -2.48. The Morgan fingerprint density at radius 2 is 1.91 bits per heavy atom. The van der Waals surface area contributed by atoms with E-state index in [-0.39, 0.29) is 18.1 Å². The summed E-state index contributed by atoms with van der Waals surface area (Å²) in [6, 6.07) is 9.72. The van der Waals surface area contributed by atoms with Crippen molar-refractivity contribution >= 4 is 27.5 Å². The van der Waals surface area contributed by atoms with E-state index in [2.05, 4.69) is 15.9 Å². The quantitative estimate of drug-likeness (QED) is 0.588. The topological polar surface area (TPSA) is 85.4 Å². The summed E-state index contributed by atoms with van der Waals surface area (Å²) in [6.45, 7) is 0.142. The maximum Gasteiger partial charge on any atom is 0.285 e. The molecule has 0 N–H and O–H groups in total. The number of nitrogens with zero attached hydrogens (tertiary/aromatic N) is 3. The number of rotatable bonds is 5. The van der Waals surface area contributed by atoms with Crippen LogP contribution in [-0.2, 0) is 17.9 Å². The lowest BCUT2D eigenvalue weighted by Crippen LogP contribution is -2.33. The molecular weight excluding hydrogens is 366 g/mol. The van der Waals surface area contributed by atoms with Crippen LogP contribution in [0.5, 0.6) is 0 Å². The molecule has 8 heteroatoms. The van der Waals surface area contributed by atoms with E-state index < -0.39 is 10.5 Å². The van der Waals surface area contributed by atoms with Gasteiger partial charge in [-0.15, -0.1) is 0 Å². The molecule has 7 nitrogen and oxygen atoms in total. The number of halogens is 1. The number of carbonyl (C=O) groups is 1. The molecule has 0 saturated heterocycles. The lowest BCUT2D eigenvalue weighted by atomic mass is 10.2. The number of likely N-dealkylation sites (N-methyl/N-ethyl adjacent to an activating group) is 1. The molecule has 1 aromatic carbocycles. The van der Waals surface area contributed by atoms with Crippen molar-refractivity contribution in [3.05, 3.63) is 73.1 Å². The summed E-state index contributed by atoms with van der Waals surface area (Å²) < 4.78 is 1.98. The Bertz CT molecular complexity index is 786. The first kappa shape index (κ1) is 16.9. The number of pyridine rings is 1. The second kappa shape index (κ2) is 7.19. The van der Waals surface area contributed by atoms with E-state index >= 15 is 0 Å². The van der Waals surface area contributed by atoms with E-state index in [1.165, 1.54) is 4.90 Å². The van der Waals surface area contributed by atoms with E-state index in [1.54, 1.807) is 7.05 Å². The summed E-state index contributed by atoms with van der Waals surface area (Å²) in [5.74, 6) is -0.310. The van der Waals surface area contributed by atoms with Gasteiger partial charge in [-0.1, -0.05) is 28.1 Å². The predicted octanol–water partition coefficient (Wildman–Crippen LogP) is 2.18. The zero-order valence-electron chi connectivity index (χ0n) is 12.3. The number of amides is 1. The molecular formula is C15H14BrN3O4. The molecule has 0 unspecified atom stereocenters. The van der Waals surface area contributed by atoms with Crippen molar-refractivity contribution in [2.24, 2.45) is 0 Å². The standard InChI is InChI=1S/C15H14BrN3O4/c1-17(8-11-2-4-12(16)5-3-11)15(21)10-18-9-13(19(22)23)6-7-14(18)20/h2-7,9H,8,10H2,1H3. The monoisotopic (exact) mass is 379 g/mol. The first-order chi connectivity index (χ1) is 10.9. The summed E-state index contributed by atoms with van der Waals surface area (Å²) in [7, 11) is 1.62. The Morgan fingerprint density at radius 3 is 2.52 bits per heavy atom. The van der Waals surface area contributed by atoms with Crippen LogP contribution in [0.1, 0.15) is 5.56 Å². The molecule has 2 aromatic rings. The number of aromatic nitrogens is 1. The molecule has 2 rings (SSSR count). The number of benzene rings is 1. The van der Waals surface area contributed by atoms with Gasteiger partial charge in [0.15, 0.2) is 0 Å². The van der Waals surface area contributed by atoms with Crippen LogP contribution in [0.4, 0.5) is 5.69 Å². The molecule has 0 spiro atoms. The highest BCUT2D eigenvalue weighted by atomic mass is 79.9. The van der Waals surface area contributed by atoms with Gasteiger partial charge in [-0.05, 0) is 17.7 Å². The largest absolute Gasteiger partial charge is 0.340 e. The molecule has 23 heavy (non-hydrogen) atoms. The third-order valence-corrected chi connectivity index (χ3v) is 3.77. The van der Waals surface area contributed by atoms with Crippen LogP contribution in [0.25, 0.3) is 0 Å². The van der Waals surface area contributed by atoms with Crippen LogP contribution >= 0.6 is 15.9 Å². The van der Waals surface area contributed by atoms with E-state index in [0.29, 0.717) is 6.54 Å². The van der Waals surface area contributed by atoms with Gasteiger partial charge in [0.2, 0.25) is 5.91 Å². The van der Waals surface area contributed by atoms with Gasteiger partial charge < -0.3 is 4.90 Å². The third-order valence-electron chi connectivity index (χ3n) is 3.24. The van der Waals surface area contributed by atoms with Crippen LogP contribution in [0.3, 0.4) is 0 Å². The first-order valence-corrected chi connectivity index (χ1v) is 7.49. The molecule has 0 aliphatic rings. The minimum absolute atomic E-state index is 0.229. The SMILES string of the molecule is CN(Cc1ccc(Br)cc1)C(=O)Cn1cc([N+](=O)[O-])ccc1=O. The molecule has 120 valence electrons. The highest BCUT2D eigenvalue weighted by Gasteiger charge is 2.14. The van der Waals surface area contributed by atoms with Gasteiger partial charge in [-0.25, -0.2) is 0 Å². The molecule has 0 radical (unpaired) electrons. The van der Waals surface area contributed by atoms with E-state index in [1.807, 2.05) is 24.3 Å². The highest BCUT2D eigenvalue weighted by molar-refractivity contribution is 9.10. The number of carbonyl (C=O) groups excluding carboxylic acids is 1. The molecule has 1 amide bonds. The Kier molecular flexibility index (Phi) is 5.28. The summed E-state index contributed by atoms with van der Waals surface area (Å²) in [5.41, 5.74) is 0.254. The minimum Gasteiger partial charge on any atom is -0.340 e. The van der Waals surface area contributed by atoms with Crippen LogP contribution in [0, 0.1) is 10.1 Å². The predicted molar refractivity (Wildman–Crippen MR) is 88.0 cm³/mol. The highest BCUT2D eigenvalue weighted by Crippen LogP contribution is 2.12. The van der Waals surface area contributed by atoms with Gasteiger partial charge in [-0.3, -0.25) is 24.3 Å². The van der Waals surface area contributed by atoms with Crippen molar-refractivity contribution in [1.29, 1.82) is 0 Å². The maximum atomic E-state index is 12.2. The van der Waals surface area contributed by atoms with Crippen LogP contribution < -0.4 is 5.56 Å². The molecule has 1 aromatic heterocycles. The van der Waals surface area contributed by atoms with Crippen LogP contribution in [0.15, 0.2) is 51.9 Å². The van der Waals surface area contributed by atoms with Crippen molar-refractivity contribution in [3.63, 3.8) is 0 Å². The Balaban J connectivity index is 2.09. The smallest absolute Gasteiger partial charge is 0.285 e. The minimum atomic E-state index is -0.605. The van der Waals surface area contributed by atoms with Crippen molar-refractivity contribution < 1.29 is 9.72 Å². The molecule has 0 aliphatic heterocycles. The second-order valence-electron chi connectivity index (χ2n) is 4.99. The van der Waals surface area contributed by atoms with E-state index in [4.69, 9.17) is 0 Å². The fourth-order valence-corrected chi connectivity index (χ4v) is 2.23. The third kappa shape index (κ3) is 4.49. The first-order valence-electron chi connectivity index (χ1n) is 6.70. The lowest BCUT2D eigenvalue weighted by molar-refractivity contribution is -0.385. The fraction of sp³-hybridized carbons (Fsp3) is 0.200. The number of hydrogen-bond donors (Lipinski definition) is 0. The molecule has 0 fully saturated rings. The molecule has 0 aliphatic carbocycles. The second-order valence-corrected chi connectivity index (χ2v) is 5.90. The van der Waals surface area contributed by atoms with Crippen molar-refractivity contribution in [2.75, 3.05) is 7.05 Å². The van der Waals surface area contributed by atoms with Crippen LogP contribution in [0.2, 0.25) is 0 Å². The zero-order chi connectivity index (χ0) is 17.0. The summed E-state index contributed by atoms with van der Waals surface area (Å²) in [6.07, 6.45) is 1.08. The number of nitro groups is 1. The Labute approximate surface area is 140 Å². The zero-order valence-corrected chi connectivity index (χ0v) is 13.9. The van der Waals surface area contributed by atoms with Gasteiger partial charge in [0.25, 0.3) is 11.2 Å². The van der Waals surface area contributed by atoms with Crippen molar-refractivity contribution in [1.82, 2.24) is 9.47 Å². The van der Waals surface area contributed by atoms with E-state index in [0.717, 1.165) is 32.9 Å². The van der Waals surface area contributed by atoms with Gasteiger partial charge >= 0.3 is 0 Å². The Morgan fingerprint density at radius 1 is 1.26 bits per heavy atom. The van der Waals surface area contributed by atoms with Crippen LogP contribution in [-0.4, -0.2) is 27.3 Å². The number of hydrogen-bond acceptors (Lipinski definition) is 4. The van der Waals surface area contributed by atoms with Gasteiger partial charge in [0, 0.05) is 30.2 Å². The van der Waals surface area contributed by atoms with Crippen molar-refractivity contribution in [2.45, 2.75) is 13.1 Å². The average molecular weight is 380 g/mol. The van der Waals surface area contributed by atoms with Gasteiger partial charge in [0.05, 0.1) is 11.1 Å². The molecule has 0 bridgehead atoms.